The molecule has 0 aliphatic carbocycles. The molecule has 0 aromatic carbocycles. The molecule has 0 spiro atoms. The molecule has 29 valence electrons. The Bertz CT molecular complexity index is 28.8. The molecule has 0 fully saturated rings. The molecule has 0 saturated carbocycles. The van der Waals surface area contributed by atoms with Gasteiger partial charge in [0.05, 0.1) is 0 Å². The van der Waals surface area contributed by atoms with Crippen molar-refractivity contribution in [3.05, 3.63) is 0 Å². The van der Waals surface area contributed by atoms with Crippen LogP contribution in [-0.2, 0) is 6.15 Å². The van der Waals surface area contributed by atoms with Crippen molar-refractivity contribution < 1.29 is 6.15 Å². The quantitative estimate of drug-likeness (QED) is 0.558. The Morgan fingerprint density at radius 1 is 2.00 bits per heavy atom. The van der Waals surface area contributed by atoms with Crippen LogP contribution < -0.4 is 0 Å². The summed E-state index contributed by atoms with van der Waals surface area (Å²) in [6.45, 7) is 2.44. The summed E-state index contributed by atoms with van der Waals surface area (Å²) in [4.78, 5) is 0. The summed E-state index contributed by atoms with van der Waals surface area (Å²) in [7, 11) is 0. The zero-order valence-corrected chi connectivity index (χ0v) is 5.88. The first-order chi connectivity index (χ1) is 2.41. The molecule has 0 rings (SSSR count). The van der Waals surface area contributed by atoms with E-state index in [0.29, 0.717) is 6.61 Å². The first-order valence-electron chi connectivity index (χ1n) is 1.40. The SMILES string of the molecule is CC[O][Sn]=[O]. The van der Waals surface area contributed by atoms with Crippen LogP contribution in [0.2, 0.25) is 0 Å². The van der Waals surface area contributed by atoms with E-state index >= 15 is 0 Å². The van der Waals surface area contributed by atoms with Crippen molar-refractivity contribution >= 4 is 21.5 Å². The second kappa shape index (κ2) is 4.56. The fraction of sp³-hybridized carbons (Fsp3) is 1.00. The van der Waals surface area contributed by atoms with Crippen molar-refractivity contribution in [1.29, 1.82) is 0 Å². The molecule has 0 amide bonds. The molecule has 0 atom stereocenters. The van der Waals surface area contributed by atoms with Crippen LogP contribution in [0, 0.1) is 0 Å². The van der Waals surface area contributed by atoms with E-state index in [1.165, 1.54) is 0 Å². The van der Waals surface area contributed by atoms with Crippen molar-refractivity contribution in [3.63, 3.8) is 0 Å². The third-order valence-electron chi connectivity index (χ3n) is 0.203. The monoisotopic (exact) mass is 181 g/mol. The van der Waals surface area contributed by atoms with Gasteiger partial charge in [-0.3, -0.25) is 0 Å². The summed E-state index contributed by atoms with van der Waals surface area (Å²) in [5.41, 5.74) is 0. The molecule has 0 unspecified atom stereocenters. The van der Waals surface area contributed by atoms with Gasteiger partial charge in [0.1, 0.15) is 0 Å². The van der Waals surface area contributed by atoms with Crippen LogP contribution in [0.15, 0.2) is 0 Å². The molecule has 1 radical (unpaired) electrons. The van der Waals surface area contributed by atoms with Gasteiger partial charge in [-0.1, -0.05) is 0 Å². The van der Waals surface area contributed by atoms with Crippen LogP contribution in [-0.4, -0.2) is 28.1 Å². The summed E-state index contributed by atoms with van der Waals surface area (Å²) in [6.07, 6.45) is 0. The van der Waals surface area contributed by atoms with Gasteiger partial charge in [0, 0.05) is 0 Å². The summed E-state index contributed by atoms with van der Waals surface area (Å²) in [6, 6.07) is 0. The van der Waals surface area contributed by atoms with Crippen LogP contribution in [0.1, 0.15) is 6.92 Å². The Hall–Kier alpha value is 0.559. The Labute approximate surface area is 41.7 Å². The van der Waals surface area contributed by atoms with Crippen LogP contribution in [0.25, 0.3) is 0 Å². The topological polar surface area (TPSA) is 26.3 Å². The Kier molecular flexibility index (Phi) is 5.07. The Morgan fingerprint density at radius 2 is 2.60 bits per heavy atom. The fourth-order valence-electron chi connectivity index (χ4n) is 0.0589. The number of hydrogen-bond acceptors (Lipinski definition) is 2. The van der Waals surface area contributed by atoms with Gasteiger partial charge in [-0.05, 0) is 0 Å². The van der Waals surface area contributed by atoms with Gasteiger partial charge in [-0.2, -0.15) is 0 Å². The first kappa shape index (κ1) is 5.56. The fourth-order valence-corrected chi connectivity index (χ4v) is 0.395. The van der Waals surface area contributed by atoms with Crippen molar-refractivity contribution in [3.8, 4) is 0 Å². The van der Waals surface area contributed by atoms with Crippen molar-refractivity contribution in [1.82, 2.24) is 0 Å². The molecule has 0 heterocycles. The van der Waals surface area contributed by atoms with Gasteiger partial charge in [-0.25, -0.2) is 0 Å². The van der Waals surface area contributed by atoms with Crippen LogP contribution in [0.4, 0.5) is 0 Å². The van der Waals surface area contributed by atoms with E-state index in [1.807, 2.05) is 6.92 Å². The van der Waals surface area contributed by atoms with E-state index in [2.05, 4.69) is 3.07 Å². The molecular weight excluding hydrogens is 175 g/mol. The molecule has 3 heteroatoms. The standard InChI is InChI=1S/C2H5O.O.Sn/c1-2-3;;/h2H2,1H3;;/q-1;;+1. The number of rotatable bonds is 2. The first-order valence-corrected chi connectivity index (χ1v) is 3.73. The minimum absolute atomic E-state index is 0.607. The van der Waals surface area contributed by atoms with Crippen LogP contribution in [0.3, 0.4) is 0 Å². The average Bonchev–Trinajstić information content (AvgIpc) is 1.41. The van der Waals surface area contributed by atoms with E-state index in [4.69, 9.17) is 0 Å². The molecule has 5 heavy (non-hydrogen) atoms. The van der Waals surface area contributed by atoms with Crippen LogP contribution in [0.5, 0.6) is 0 Å². The summed E-state index contributed by atoms with van der Waals surface area (Å²) in [5, 5.41) is 0. The molecule has 0 bridgehead atoms. The van der Waals surface area contributed by atoms with E-state index < -0.39 is 21.5 Å². The molecule has 0 aromatic rings. The molecule has 0 aliphatic rings. The van der Waals surface area contributed by atoms with Crippen molar-refractivity contribution in [2.24, 2.45) is 0 Å². The second-order valence-electron chi connectivity index (χ2n) is 0.516. The van der Waals surface area contributed by atoms with E-state index in [1.54, 1.807) is 0 Å². The molecule has 0 N–H and O–H groups in total. The van der Waals surface area contributed by atoms with Crippen molar-refractivity contribution in [2.45, 2.75) is 6.92 Å². The summed E-state index contributed by atoms with van der Waals surface area (Å²) in [5.74, 6) is 0. The van der Waals surface area contributed by atoms with E-state index in [-0.39, 0.29) is 0 Å². The third-order valence-corrected chi connectivity index (χ3v) is 1.36. The number of hydrogen-bond donors (Lipinski definition) is 0. The van der Waals surface area contributed by atoms with Crippen LogP contribution >= 0.6 is 0 Å². The summed E-state index contributed by atoms with van der Waals surface area (Å²) >= 11 is -1.54. The van der Waals surface area contributed by atoms with E-state index in [0.717, 1.165) is 0 Å². The van der Waals surface area contributed by atoms with Gasteiger partial charge < -0.3 is 0 Å². The summed E-state index contributed by atoms with van der Waals surface area (Å²) < 4.78 is 13.9. The molecular formula is C2H5O2Sn. The van der Waals surface area contributed by atoms with Gasteiger partial charge >= 0.3 is 41.2 Å². The zero-order chi connectivity index (χ0) is 4.12. The second-order valence-corrected chi connectivity index (χ2v) is 1.82. The third kappa shape index (κ3) is 4.56. The maximum atomic E-state index is 9.48. The van der Waals surface area contributed by atoms with Gasteiger partial charge in [0.2, 0.25) is 0 Å². The molecule has 0 saturated heterocycles. The maximum absolute atomic E-state index is 9.48. The molecule has 2 nitrogen and oxygen atoms in total. The van der Waals surface area contributed by atoms with E-state index in [9.17, 15) is 3.08 Å². The predicted octanol–water partition coefficient (Wildman–Crippen LogP) is -0.0124. The van der Waals surface area contributed by atoms with Gasteiger partial charge in [0.25, 0.3) is 0 Å². The van der Waals surface area contributed by atoms with Crippen molar-refractivity contribution in [2.75, 3.05) is 6.61 Å². The normalized spacial score (nSPS) is 7.40. The predicted molar refractivity (Wildman–Crippen MR) is 18.1 cm³/mol. The Morgan fingerprint density at radius 3 is 2.60 bits per heavy atom. The van der Waals surface area contributed by atoms with Gasteiger partial charge in [-0.15, -0.1) is 0 Å². The zero-order valence-electron chi connectivity index (χ0n) is 3.02. The average molecular weight is 180 g/mol. The van der Waals surface area contributed by atoms with Gasteiger partial charge in [0.15, 0.2) is 0 Å². The molecule has 0 aromatic heterocycles. The minimum atomic E-state index is -1.54. The molecule has 0 aliphatic heterocycles. The Balaban J connectivity index is 2.40.